The largest absolute Gasteiger partial charge is 0.310 e. The van der Waals surface area contributed by atoms with Crippen LogP contribution in [0.1, 0.15) is 19.3 Å². The fourth-order valence-corrected chi connectivity index (χ4v) is 5.20. The number of hydrogen-bond donors (Lipinski definition) is 1. The molecule has 2 aliphatic rings. The number of rotatable bonds is 2. The van der Waals surface area contributed by atoms with Gasteiger partial charge in [0.25, 0.3) is 0 Å². The van der Waals surface area contributed by atoms with Crippen LogP contribution in [-0.2, 0) is 10.0 Å². The minimum absolute atomic E-state index is 0. The number of nitrogens with zero attached hydrogens (tertiary/aromatic N) is 1. The third-order valence-electron chi connectivity index (χ3n) is 4.00. The topological polar surface area (TPSA) is 49.4 Å². The molecule has 4 nitrogen and oxygen atoms in total. The van der Waals surface area contributed by atoms with Gasteiger partial charge in [-0.15, -0.1) is 12.4 Å². The lowest BCUT2D eigenvalue weighted by Gasteiger charge is -2.24. The molecule has 0 spiro atoms. The van der Waals surface area contributed by atoms with Crippen molar-refractivity contribution in [2.24, 2.45) is 0 Å². The van der Waals surface area contributed by atoms with Gasteiger partial charge in [0.05, 0.1) is 5.02 Å². The van der Waals surface area contributed by atoms with Crippen LogP contribution in [-0.4, -0.2) is 37.9 Å². The highest BCUT2D eigenvalue weighted by molar-refractivity contribution is 7.89. The molecule has 2 saturated heterocycles. The van der Waals surface area contributed by atoms with Crippen molar-refractivity contribution < 1.29 is 8.42 Å². The highest BCUT2D eigenvalue weighted by Gasteiger charge is 2.35. The number of hydrogen-bond acceptors (Lipinski definition) is 3. The molecule has 2 bridgehead atoms. The first-order valence-corrected chi connectivity index (χ1v) is 8.87. The van der Waals surface area contributed by atoms with Gasteiger partial charge in [-0.25, -0.2) is 8.42 Å². The lowest BCUT2D eigenvalue weighted by atomic mass is 10.1. The predicted molar refractivity (Wildman–Crippen MR) is 87.0 cm³/mol. The van der Waals surface area contributed by atoms with Gasteiger partial charge in [-0.3, -0.25) is 0 Å². The summed E-state index contributed by atoms with van der Waals surface area (Å²) in [7, 11) is -3.55. The fourth-order valence-electron chi connectivity index (χ4n) is 2.95. The van der Waals surface area contributed by atoms with Crippen molar-refractivity contribution in [3.8, 4) is 0 Å². The van der Waals surface area contributed by atoms with Crippen LogP contribution in [0.2, 0.25) is 10.0 Å². The minimum Gasteiger partial charge on any atom is -0.310 e. The highest BCUT2D eigenvalue weighted by atomic mass is 35.5. The Kier molecular flexibility index (Phi) is 5.45. The van der Waals surface area contributed by atoms with E-state index in [1.807, 2.05) is 0 Å². The normalized spacial score (nSPS) is 26.2. The van der Waals surface area contributed by atoms with Crippen LogP contribution >= 0.6 is 35.6 Å². The van der Waals surface area contributed by atoms with Crippen LogP contribution in [0, 0.1) is 0 Å². The summed E-state index contributed by atoms with van der Waals surface area (Å²) < 4.78 is 27.0. The minimum atomic E-state index is -3.55. The molecule has 8 heteroatoms. The fraction of sp³-hybridized carbons (Fsp3) is 0.538. The molecule has 0 amide bonds. The van der Waals surface area contributed by atoms with E-state index in [1.54, 1.807) is 10.4 Å². The van der Waals surface area contributed by atoms with Crippen molar-refractivity contribution in [1.82, 2.24) is 9.62 Å². The van der Waals surface area contributed by atoms with Gasteiger partial charge in [0.2, 0.25) is 10.0 Å². The van der Waals surface area contributed by atoms with Crippen LogP contribution in [0.15, 0.2) is 23.1 Å². The highest BCUT2D eigenvalue weighted by Crippen LogP contribution is 2.30. The second-order valence-electron chi connectivity index (χ2n) is 5.36. The summed E-state index contributed by atoms with van der Waals surface area (Å²) in [5.74, 6) is 0. The van der Waals surface area contributed by atoms with Crippen molar-refractivity contribution in [1.29, 1.82) is 0 Å². The van der Waals surface area contributed by atoms with Crippen LogP contribution in [0.25, 0.3) is 0 Å². The first-order valence-electron chi connectivity index (χ1n) is 6.68. The zero-order valence-corrected chi connectivity index (χ0v) is 14.4. The van der Waals surface area contributed by atoms with Crippen molar-refractivity contribution in [2.45, 2.75) is 36.2 Å². The molecule has 1 N–H and O–H groups in total. The Morgan fingerprint density at radius 3 is 2.57 bits per heavy atom. The molecule has 0 saturated carbocycles. The molecule has 2 heterocycles. The molecule has 3 rings (SSSR count). The van der Waals surface area contributed by atoms with E-state index in [9.17, 15) is 8.42 Å². The van der Waals surface area contributed by atoms with Crippen molar-refractivity contribution in [3.63, 3.8) is 0 Å². The van der Waals surface area contributed by atoms with Gasteiger partial charge in [-0.1, -0.05) is 23.2 Å². The maximum Gasteiger partial charge on any atom is 0.244 e. The monoisotopic (exact) mass is 370 g/mol. The number of nitrogens with one attached hydrogen (secondary N) is 1. The average molecular weight is 372 g/mol. The first kappa shape index (κ1) is 17.3. The second-order valence-corrected chi connectivity index (χ2v) is 8.11. The number of halogens is 3. The molecule has 21 heavy (non-hydrogen) atoms. The maximum absolute atomic E-state index is 12.7. The lowest BCUT2D eigenvalue weighted by Crippen LogP contribution is -2.39. The zero-order valence-electron chi connectivity index (χ0n) is 11.3. The quantitative estimate of drug-likeness (QED) is 0.869. The Labute approximate surface area is 141 Å². The predicted octanol–water partition coefficient (Wildman–Crippen LogP) is 2.93. The van der Waals surface area contributed by atoms with Crippen LogP contribution in [0.5, 0.6) is 0 Å². The van der Waals surface area contributed by atoms with E-state index >= 15 is 0 Å². The van der Waals surface area contributed by atoms with E-state index in [1.165, 1.54) is 12.1 Å². The molecule has 2 aliphatic heterocycles. The Morgan fingerprint density at radius 1 is 1.14 bits per heavy atom. The molecule has 1 aromatic rings. The molecule has 1 aromatic carbocycles. The number of fused-ring (bicyclic) bond motifs is 2. The Hall–Kier alpha value is -0.0400. The molecule has 2 unspecified atom stereocenters. The average Bonchev–Trinajstić information content (AvgIpc) is 2.67. The molecule has 0 aliphatic carbocycles. The summed E-state index contributed by atoms with van der Waals surface area (Å²) in [5, 5.41) is 4.09. The Morgan fingerprint density at radius 2 is 1.86 bits per heavy atom. The van der Waals surface area contributed by atoms with Crippen LogP contribution < -0.4 is 5.32 Å². The van der Waals surface area contributed by atoms with Crippen molar-refractivity contribution >= 4 is 45.6 Å². The molecule has 118 valence electrons. The summed E-state index contributed by atoms with van der Waals surface area (Å²) in [6.07, 6.45) is 3.02. The van der Waals surface area contributed by atoms with Gasteiger partial charge in [0.1, 0.15) is 4.90 Å². The van der Waals surface area contributed by atoms with E-state index in [0.29, 0.717) is 24.2 Å². The van der Waals surface area contributed by atoms with E-state index in [0.717, 1.165) is 19.3 Å². The number of benzene rings is 1. The SMILES string of the molecule is Cl.O=S(=O)(c1ccc(Cl)cc1Cl)N1CCC2CCC(C1)N2. The molecular weight excluding hydrogens is 355 g/mol. The third kappa shape index (κ3) is 3.49. The van der Waals surface area contributed by atoms with Crippen LogP contribution in [0.3, 0.4) is 0 Å². The molecule has 0 radical (unpaired) electrons. The lowest BCUT2D eigenvalue weighted by molar-refractivity contribution is 0.383. The molecule has 2 fully saturated rings. The van der Waals surface area contributed by atoms with E-state index in [2.05, 4.69) is 5.32 Å². The Balaban J connectivity index is 0.00000161. The van der Waals surface area contributed by atoms with Gasteiger partial charge >= 0.3 is 0 Å². The third-order valence-corrected chi connectivity index (χ3v) is 6.58. The van der Waals surface area contributed by atoms with E-state index in [-0.39, 0.29) is 28.4 Å². The van der Waals surface area contributed by atoms with Gasteiger partial charge in [-0.05, 0) is 37.5 Å². The maximum atomic E-state index is 12.7. The van der Waals surface area contributed by atoms with Crippen molar-refractivity contribution in [2.75, 3.05) is 13.1 Å². The van der Waals surface area contributed by atoms with Crippen molar-refractivity contribution in [3.05, 3.63) is 28.2 Å². The zero-order chi connectivity index (χ0) is 14.3. The second kappa shape index (κ2) is 6.60. The smallest absolute Gasteiger partial charge is 0.244 e. The molecular formula is C13H17Cl3N2O2S. The van der Waals surface area contributed by atoms with Crippen LogP contribution in [0.4, 0.5) is 0 Å². The summed E-state index contributed by atoms with van der Waals surface area (Å²) in [6, 6.07) is 5.21. The summed E-state index contributed by atoms with van der Waals surface area (Å²) in [4.78, 5) is 0.140. The van der Waals surface area contributed by atoms with Gasteiger partial charge in [0.15, 0.2) is 0 Å². The summed E-state index contributed by atoms with van der Waals surface area (Å²) in [5.41, 5.74) is 0. The Bertz CT molecular complexity index is 624. The molecule has 0 aromatic heterocycles. The first-order chi connectivity index (χ1) is 9.46. The summed E-state index contributed by atoms with van der Waals surface area (Å²) >= 11 is 11.9. The summed E-state index contributed by atoms with van der Waals surface area (Å²) in [6.45, 7) is 1.05. The van der Waals surface area contributed by atoms with Gasteiger partial charge in [-0.2, -0.15) is 4.31 Å². The standard InChI is InChI=1S/C13H16Cl2N2O2S.ClH/c14-9-1-4-13(12(15)7-9)20(18,19)17-6-5-10-2-3-11(8-17)16-10;/h1,4,7,10-11,16H,2-3,5-6,8H2;1H. The molecule has 2 atom stereocenters. The van der Waals surface area contributed by atoms with E-state index < -0.39 is 10.0 Å². The van der Waals surface area contributed by atoms with E-state index in [4.69, 9.17) is 23.2 Å². The number of sulfonamides is 1. The van der Waals surface area contributed by atoms with Gasteiger partial charge < -0.3 is 5.32 Å². The van der Waals surface area contributed by atoms with Gasteiger partial charge in [0, 0.05) is 30.2 Å².